The van der Waals surface area contributed by atoms with Gasteiger partial charge in [-0.25, -0.2) is 32.1 Å². The molecule has 1 atom stereocenters. The number of aromatic nitrogens is 2. The lowest BCUT2D eigenvalue weighted by Crippen LogP contribution is -2.38. The van der Waals surface area contributed by atoms with E-state index in [0.717, 1.165) is 28.1 Å². The third-order valence-electron chi connectivity index (χ3n) is 8.31. The molecular formula is C37H34F3N5O5S2. The van der Waals surface area contributed by atoms with Crippen LogP contribution in [0.1, 0.15) is 36.3 Å². The van der Waals surface area contributed by atoms with E-state index in [9.17, 15) is 22.6 Å². The molecule has 3 aromatic carbocycles. The van der Waals surface area contributed by atoms with Gasteiger partial charge in [0, 0.05) is 44.8 Å². The molecule has 10 nitrogen and oxygen atoms in total. The maximum Gasteiger partial charge on any atom is 0.410 e. The van der Waals surface area contributed by atoms with Crippen molar-refractivity contribution in [2.45, 2.75) is 37.2 Å². The van der Waals surface area contributed by atoms with Crippen molar-refractivity contribution in [3.63, 3.8) is 0 Å². The predicted octanol–water partition coefficient (Wildman–Crippen LogP) is 7.90. The van der Waals surface area contributed by atoms with Crippen LogP contribution in [0.4, 0.5) is 29.5 Å². The quantitative estimate of drug-likeness (QED) is 0.137. The fourth-order valence-electron chi connectivity index (χ4n) is 5.78. The largest absolute Gasteiger partial charge is 0.445 e. The summed E-state index contributed by atoms with van der Waals surface area (Å²) in [4.78, 5) is 35.6. The van der Waals surface area contributed by atoms with Crippen molar-refractivity contribution in [2.24, 2.45) is 0 Å². The summed E-state index contributed by atoms with van der Waals surface area (Å²) in [5.74, 6) is -2.62. The first-order valence-corrected chi connectivity index (χ1v) is 18.2. The SMILES string of the molecule is COCN(c1cccc(-c2nc(C3CCN(C(=O)OCc4ccccc4)CC3)sc2-c2ccnc(NC(C)=O)c2)c1F)S(=O)c1cc(F)ccc1F. The summed E-state index contributed by atoms with van der Waals surface area (Å²) in [7, 11) is -1.08. The van der Waals surface area contributed by atoms with Gasteiger partial charge < -0.3 is 19.7 Å². The smallest absolute Gasteiger partial charge is 0.410 e. The molecule has 0 saturated carbocycles. The Morgan fingerprint density at radius 3 is 2.52 bits per heavy atom. The van der Waals surface area contributed by atoms with Gasteiger partial charge in [0.1, 0.15) is 30.8 Å². The van der Waals surface area contributed by atoms with Gasteiger partial charge in [-0.2, -0.15) is 0 Å². The van der Waals surface area contributed by atoms with Gasteiger partial charge in [-0.15, -0.1) is 11.3 Å². The first-order valence-electron chi connectivity index (χ1n) is 16.3. The molecule has 270 valence electrons. The normalized spacial score (nSPS) is 13.8. The number of nitrogens with zero attached hydrogens (tertiary/aromatic N) is 4. The number of pyridine rings is 1. The second kappa shape index (κ2) is 16.5. The number of amides is 2. The average Bonchev–Trinajstić information content (AvgIpc) is 3.59. The molecule has 15 heteroatoms. The number of benzene rings is 3. The zero-order valence-electron chi connectivity index (χ0n) is 28.2. The maximum absolute atomic E-state index is 16.8. The van der Waals surface area contributed by atoms with Gasteiger partial charge in [-0.1, -0.05) is 36.4 Å². The highest BCUT2D eigenvalue weighted by Gasteiger charge is 2.30. The number of anilines is 2. The number of hydrogen-bond acceptors (Lipinski definition) is 8. The van der Waals surface area contributed by atoms with Crippen molar-refractivity contribution < 1.29 is 36.4 Å². The fourth-order valence-corrected chi connectivity index (χ4v) is 8.23. The van der Waals surface area contributed by atoms with Crippen LogP contribution in [0.5, 0.6) is 0 Å². The van der Waals surface area contributed by atoms with Crippen molar-refractivity contribution in [3.8, 4) is 21.7 Å². The summed E-state index contributed by atoms with van der Waals surface area (Å²) in [5, 5.41) is 3.38. The first kappa shape index (κ1) is 36.7. The van der Waals surface area contributed by atoms with E-state index in [1.807, 2.05) is 30.3 Å². The Bertz CT molecular complexity index is 2090. The van der Waals surface area contributed by atoms with Gasteiger partial charge in [-0.05, 0) is 66.4 Å². The summed E-state index contributed by atoms with van der Waals surface area (Å²) < 4.78 is 70.9. The Kier molecular flexibility index (Phi) is 11.6. The zero-order valence-corrected chi connectivity index (χ0v) is 29.8. The van der Waals surface area contributed by atoms with E-state index in [-0.39, 0.29) is 35.4 Å². The highest BCUT2D eigenvalue weighted by molar-refractivity contribution is 7.86. The van der Waals surface area contributed by atoms with Crippen LogP contribution in [0.15, 0.2) is 90.0 Å². The topological polar surface area (TPSA) is 114 Å². The van der Waals surface area contributed by atoms with E-state index in [1.165, 1.54) is 43.7 Å². The molecule has 1 aliphatic rings. The molecule has 2 aromatic heterocycles. The van der Waals surface area contributed by atoms with E-state index in [1.54, 1.807) is 23.1 Å². The van der Waals surface area contributed by atoms with E-state index >= 15 is 4.39 Å². The number of carbonyl (C=O) groups excluding carboxylic acids is 2. The molecule has 0 bridgehead atoms. The molecule has 1 aliphatic heterocycles. The molecule has 2 amide bonds. The number of ether oxygens (including phenoxy) is 2. The van der Waals surface area contributed by atoms with E-state index in [4.69, 9.17) is 14.5 Å². The summed E-state index contributed by atoms with van der Waals surface area (Å²) in [5.41, 5.74) is 1.67. The molecule has 1 N–H and O–H groups in total. The van der Waals surface area contributed by atoms with Gasteiger partial charge in [-0.3, -0.25) is 9.10 Å². The van der Waals surface area contributed by atoms with E-state index < -0.39 is 46.2 Å². The first-order chi connectivity index (χ1) is 25.1. The van der Waals surface area contributed by atoms with Gasteiger partial charge in [0.25, 0.3) is 0 Å². The van der Waals surface area contributed by atoms with Gasteiger partial charge in [0.15, 0.2) is 16.8 Å². The van der Waals surface area contributed by atoms with Gasteiger partial charge >= 0.3 is 6.09 Å². The number of nitrogens with one attached hydrogen (secondary N) is 1. The fraction of sp³-hybridized carbons (Fsp3) is 0.243. The number of methoxy groups -OCH3 is 1. The Morgan fingerprint density at radius 2 is 1.79 bits per heavy atom. The van der Waals surface area contributed by atoms with Crippen LogP contribution in [0, 0.1) is 17.5 Å². The Hall–Kier alpha value is -5.12. The highest BCUT2D eigenvalue weighted by atomic mass is 32.2. The minimum Gasteiger partial charge on any atom is -0.445 e. The maximum atomic E-state index is 16.8. The third-order valence-corrected chi connectivity index (χ3v) is 11.0. The lowest BCUT2D eigenvalue weighted by atomic mass is 9.97. The van der Waals surface area contributed by atoms with Crippen LogP contribution in [0.3, 0.4) is 0 Å². The molecule has 1 fully saturated rings. The number of piperidine rings is 1. The zero-order chi connectivity index (χ0) is 36.8. The Balaban J connectivity index is 1.33. The van der Waals surface area contributed by atoms with Crippen LogP contribution in [-0.2, 0) is 31.9 Å². The summed E-state index contributed by atoms with van der Waals surface area (Å²) >= 11 is 1.36. The molecule has 52 heavy (non-hydrogen) atoms. The Labute approximate surface area is 304 Å². The van der Waals surface area contributed by atoms with Crippen LogP contribution in [-0.4, -0.2) is 58.0 Å². The number of carbonyl (C=O) groups is 2. The van der Waals surface area contributed by atoms with Crippen molar-refractivity contribution in [2.75, 3.05) is 36.6 Å². The van der Waals surface area contributed by atoms with Crippen molar-refractivity contribution in [1.82, 2.24) is 14.9 Å². The van der Waals surface area contributed by atoms with E-state index in [0.29, 0.717) is 47.2 Å². The molecule has 0 spiro atoms. The standard InChI is InChI=1S/C37H34F3N5O5S2/c1-23(46)42-32-19-26(13-16-41-32)35-34(43-36(51-35)25-14-17-44(18-15-25)37(47)50-21-24-7-4-3-5-8-24)28-9-6-10-30(33(28)40)45(22-49-2)52(48)31-20-27(38)11-12-29(31)39/h3-13,16,19-20,25H,14-15,17-18,21-22H2,1-2H3,(H,41,42,46). The van der Waals surface area contributed by atoms with Crippen LogP contribution in [0.25, 0.3) is 21.7 Å². The molecule has 6 rings (SSSR count). The second-order valence-electron chi connectivity index (χ2n) is 11.9. The Morgan fingerprint density at radius 1 is 1.02 bits per heavy atom. The molecule has 3 heterocycles. The average molecular weight is 750 g/mol. The highest BCUT2D eigenvalue weighted by Crippen LogP contribution is 2.44. The lowest BCUT2D eigenvalue weighted by Gasteiger charge is -2.30. The van der Waals surface area contributed by atoms with Crippen molar-refractivity contribution in [3.05, 3.63) is 113 Å². The number of hydrogen-bond donors (Lipinski definition) is 1. The molecule has 5 aromatic rings. The van der Waals surface area contributed by atoms with Gasteiger partial charge in [0.05, 0.1) is 26.2 Å². The van der Waals surface area contributed by atoms with Crippen LogP contribution >= 0.6 is 11.3 Å². The third kappa shape index (κ3) is 8.33. The number of likely N-dealkylation sites (tertiary alicyclic amines) is 1. The molecular weight excluding hydrogens is 716 g/mol. The predicted molar refractivity (Wildman–Crippen MR) is 192 cm³/mol. The minimum atomic E-state index is -2.39. The lowest BCUT2D eigenvalue weighted by molar-refractivity contribution is -0.114. The molecule has 0 aliphatic carbocycles. The number of rotatable bonds is 11. The second-order valence-corrected chi connectivity index (χ2v) is 14.3. The molecule has 1 unspecified atom stereocenters. The van der Waals surface area contributed by atoms with Crippen LogP contribution < -0.4 is 9.62 Å². The number of halogens is 3. The molecule has 1 saturated heterocycles. The monoisotopic (exact) mass is 749 g/mol. The minimum absolute atomic E-state index is 0.0626. The van der Waals surface area contributed by atoms with Gasteiger partial charge in [0.2, 0.25) is 5.91 Å². The van der Waals surface area contributed by atoms with E-state index in [2.05, 4.69) is 10.3 Å². The van der Waals surface area contributed by atoms with Crippen LogP contribution in [0.2, 0.25) is 0 Å². The van der Waals surface area contributed by atoms with Crippen molar-refractivity contribution >= 4 is 45.8 Å². The number of thiazole rings is 1. The summed E-state index contributed by atoms with van der Waals surface area (Å²) in [6, 6.07) is 19.8. The molecule has 0 radical (unpaired) electrons. The summed E-state index contributed by atoms with van der Waals surface area (Å²) in [6.07, 6.45) is 2.29. The summed E-state index contributed by atoms with van der Waals surface area (Å²) in [6.45, 7) is 1.99. The van der Waals surface area contributed by atoms with Crippen molar-refractivity contribution in [1.29, 1.82) is 0 Å².